The van der Waals surface area contributed by atoms with Gasteiger partial charge in [0.15, 0.2) is 0 Å². The van der Waals surface area contributed by atoms with Crippen LogP contribution in [-0.2, 0) is 0 Å². The molecule has 0 heterocycles. The predicted octanol–water partition coefficient (Wildman–Crippen LogP) is -0.175. The number of rotatable bonds is 0. The quantitative estimate of drug-likeness (QED) is 0.444. The average Bonchev–Trinajstić information content (AvgIpc) is 1.63. The second kappa shape index (κ2) is 0.858. The SMILES string of the molecule is C[C@]1(N)C[C@]1(C)N. The maximum absolute atomic E-state index is 5.62. The van der Waals surface area contributed by atoms with Gasteiger partial charge in [-0.05, 0) is 20.3 Å². The lowest BCUT2D eigenvalue weighted by Crippen LogP contribution is -2.35. The first-order valence-electron chi connectivity index (χ1n) is 2.53. The summed E-state index contributed by atoms with van der Waals surface area (Å²) in [6.45, 7) is 3.96. The highest BCUT2D eigenvalue weighted by Gasteiger charge is 2.55. The summed E-state index contributed by atoms with van der Waals surface area (Å²) in [6.07, 6.45) is 0.958. The van der Waals surface area contributed by atoms with Crippen LogP contribution in [0.4, 0.5) is 0 Å². The minimum atomic E-state index is -0.0764. The van der Waals surface area contributed by atoms with Crippen molar-refractivity contribution in [1.82, 2.24) is 0 Å². The summed E-state index contributed by atoms with van der Waals surface area (Å²) in [6, 6.07) is 0. The summed E-state index contributed by atoms with van der Waals surface area (Å²) in [5.41, 5.74) is 11.1. The molecule has 0 bridgehead atoms. The van der Waals surface area contributed by atoms with Gasteiger partial charge < -0.3 is 11.5 Å². The fraction of sp³-hybridized carbons (Fsp3) is 1.00. The summed E-state index contributed by atoms with van der Waals surface area (Å²) in [7, 11) is 0. The van der Waals surface area contributed by atoms with Gasteiger partial charge in [-0.3, -0.25) is 0 Å². The molecule has 0 unspecified atom stereocenters. The third-order valence-corrected chi connectivity index (χ3v) is 1.91. The molecule has 0 aliphatic heterocycles. The Kier molecular flexibility index (Phi) is 0.621. The van der Waals surface area contributed by atoms with Crippen LogP contribution in [0.5, 0.6) is 0 Å². The van der Waals surface area contributed by atoms with Crippen LogP contribution in [0.2, 0.25) is 0 Å². The van der Waals surface area contributed by atoms with E-state index < -0.39 is 0 Å². The van der Waals surface area contributed by atoms with Gasteiger partial charge in [-0.2, -0.15) is 0 Å². The summed E-state index contributed by atoms with van der Waals surface area (Å²) in [5, 5.41) is 0. The summed E-state index contributed by atoms with van der Waals surface area (Å²) >= 11 is 0. The third-order valence-electron chi connectivity index (χ3n) is 1.91. The first-order chi connectivity index (χ1) is 2.96. The molecule has 0 saturated heterocycles. The van der Waals surface area contributed by atoms with Crippen molar-refractivity contribution in [2.75, 3.05) is 0 Å². The molecule has 42 valence electrons. The first-order valence-corrected chi connectivity index (χ1v) is 2.53. The van der Waals surface area contributed by atoms with Gasteiger partial charge in [0, 0.05) is 11.1 Å². The molecule has 1 saturated carbocycles. The Hall–Kier alpha value is -0.0800. The molecule has 0 spiro atoms. The lowest BCUT2D eigenvalue weighted by Gasteiger charge is -2.05. The molecule has 1 aliphatic carbocycles. The van der Waals surface area contributed by atoms with Crippen molar-refractivity contribution in [2.45, 2.75) is 31.3 Å². The van der Waals surface area contributed by atoms with E-state index in [-0.39, 0.29) is 11.1 Å². The number of nitrogens with two attached hydrogens (primary N) is 2. The van der Waals surface area contributed by atoms with Crippen molar-refractivity contribution < 1.29 is 0 Å². The fourth-order valence-corrected chi connectivity index (χ4v) is 0.719. The highest BCUT2D eigenvalue weighted by molar-refractivity contribution is 5.19. The molecule has 2 atom stereocenters. The molecular weight excluding hydrogens is 88.1 g/mol. The van der Waals surface area contributed by atoms with Gasteiger partial charge in [0.1, 0.15) is 0 Å². The molecule has 2 nitrogen and oxygen atoms in total. The Labute approximate surface area is 43.9 Å². The summed E-state index contributed by atoms with van der Waals surface area (Å²) < 4.78 is 0. The summed E-state index contributed by atoms with van der Waals surface area (Å²) in [5.74, 6) is 0. The van der Waals surface area contributed by atoms with Crippen LogP contribution >= 0.6 is 0 Å². The molecule has 0 aromatic rings. The van der Waals surface area contributed by atoms with Crippen LogP contribution in [0.15, 0.2) is 0 Å². The van der Waals surface area contributed by atoms with Crippen LogP contribution in [0, 0.1) is 0 Å². The topological polar surface area (TPSA) is 52.0 Å². The van der Waals surface area contributed by atoms with E-state index in [2.05, 4.69) is 0 Å². The lowest BCUT2D eigenvalue weighted by atomic mass is 10.2. The molecule has 0 aromatic heterocycles. The Bertz CT molecular complexity index is 82.3. The van der Waals surface area contributed by atoms with Crippen molar-refractivity contribution in [3.63, 3.8) is 0 Å². The van der Waals surface area contributed by atoms with Gasteiger partial charge in [-0.15, -0.1) is 0 Å². The van der Waals surface area contributed by atoms with Gasteiger partial charge in [0.2, 0.25) is 0 Å². The monoisotopic (exact) mass is 100 g/mol. The van der Waals surface area contributed by atoms with E-state index in [0.717, 1.165) is 6.42 Å². The third kappa shape index (κ3) is 0.545. The zero-order valence-electron chi connectivity index (χ0n) is 4.86. The van der Waals surface area contributed by atoms with Gasteiger partial charge >= 0.3 is 0 Å². The molecule has 2 heteroatoms. The molecule has 1 aliphatic rings. The second-order valence-electron chi connectivity index (χ2n) is 3.01. The van der Waals surface area contributed by atoms with E-state index in [9.17, 15) is 0 Å². The van der Waals surface area contributed by atoms with Crippen molar-refractivity contribution >= 4 is 0 Å². The van der Waals surface area contributed by atoms with Crippen LogP contribution < -0.4 is 11.5 Å². The molecule has 1 fully saturated rings. The summed E-state index contributed by atoms with van der Waals surface area (Å²) in [4.78, 5) is 0. The van der Waals surface area contributed by atoms with E-state index in [4.69, 9.17) is 11.5 Å². The Morgan fingerprint density at radius 1 is 1.14 bits per heavy atom. The van der Waals surface area contributed by atoms with Gasteiger partial charge in [-0.25, -0.2) is 0 Å². The van der Waals surface area contributed by atoms with Gasteiger partial charge in [-0.1, -0.05) is 0 Å². The average molecular weight is 100 g/mol. The largest absolute Gasteiger partial charge is 0.324 e. The van der Waals surface area contributed by atoms with Crippen LogP contribution in [-0.4, -0.2) is 11.1 Å². The van der Waals surface area contributed by atoms with Gasteiger partial charge in [0.05, 0.1) is 0 Å². The van der Waals surface area contributed by atoms with Crippen molar-refractivity contribution in [2.24, 2.45) is 11.5 Å². The Morgan fingerprint density at radius 2 is 1.29 bits per heavy atom. The lowest BCUT2D eigenvalue weighted by molar-refractivity contribution is 0.603. The zero-order chi connectivity index (χ0) is 5.71. The minimum absolute atomic E-state index is 0.0764. The highest BCUT2D eigenvalue weighted by Crippen LogP contribution is 2.41. The van der Waals surface area contributed by atoms with E-state index in [1.54, 1.807) is 0 Å². The Morgan fingerprint density at radius 3 is 1.29 bits per heavy atom. The normalized spacial score (nSPS) is 60.0. The molecule has 4 N–H and O–H groups in total. The van der Waals surface area contributed by atoms with Crippen molar-refractivity contribution in [3.8, 4) is 0 Å². The molecule has 7 heavy (non-hydrogen) atoms. The van der Waals surface area contributed by atoms with E-state index >= 15 is 0 Å². The first kappa shape index (κ1) is 5.06. The highest BCUT2D eigenvalue weighted by atomic mass is 15.0. The molecule has 1 rings (SSSR count). The van der Waals surface area contributed by atoms with Crippen molar-refractivity contribution in [3.05, 3.63) is 0 Å². The zero-order valence-corrected chi connectivity index (χ0v) is 4.86. The molecule has 0 amide bonds. The predicted molar refractivity (Wildman–Crippen MR) is 29.8 cm³/mol. The number of hydrogen-bond acceptors (Lipinski definition) is 2. The molecular formula is C5H12N2. The smallest absolute Gasteiger partial charge is 0.0324 e. The number of hydrogen-bond donors (Lipinski definition) is 2. The van der Waals surface area contributed by atoms with E-state index in [1.165, 1.54) is 0 Å². The maximum atomic E-state index is 5.62. The van der Waals surface area contributed by atoms with E-state index in [1.807, 2.05) is 13.8 Å². The molecule has 0 aromatic carbocycles. The maximum Gasteiger partial charge on any atom is 0.0324 e. The second-order valence-corrected chi connectivity index (χ2v) is 3.01. The van der Waals surface area contributed by atoms with Crippen molar-refractivity contribution in [1.29, 1.82) is 0 Å². The van der Waals surface area contributed by atoms with Gasteiger partial charge in [0.25, 0.3) is 0 Å². The standard InChI is InChI=1S/C5H12N2/c1-4(6)3-5(4,2)7/h3,6-7H2,1-2H3/t4-,5-/m0/s1. The van der Waals surface area contributed by atoms with Crippen LogP contribution in [0.1, 0.15) is 20.3 Å². The Balaban J connectivity index is 2.59. The van der Waals surface area contributed by atoms with Crippen LogP contribution in [0.25, 0.3) is 0 Å². The minimum Gasteiger partial charge on any atom is -0.324 e. The molecule has 0 radical (unpaired) electrons. The van der Waals surface area contributed by atoms with Crippen LogP contribution in [0.3, 0.4) is 0 Å². The fourth-order valence-electron chi connectivity index (χ4n) is 0.719. The van der Waals surface area contributed by atoms with E-state index in [0.29, 0.717) is 0 Å².